The second kappa shape index (κ2) is 73.5. The summed E-state index contributed by atoms with van der Waals surface area (Å²) >= 11 is -5.61. The van der Waals surface area contributed by atoms with Crippen LogP contribution in [0.25, 0.3) is 67.8 Å². The number of nitrogens with zero attached hydrogens (tertiary/aromatic N) is 12. The van der Waals surface area contributed by atoms with E-state index in [2.05, 4.69) is 10.4 Å². The molecule has 0 N–H and O–H groups in total. The average molecular weight is 2550 g/mol. The molecular weight excluding hydrogens is 2420 g/mol. The van der Waals surface area contributed by atoms with Gasteiger partial charge in [0.2, 0.25) is 0 Å². The average Bonchev–Trinajstić information content (AvgIpc) is 1.63. The summed E-state index contributed by atoms with van der Waals surface area (Å²) in [5.74, 6) is -5.54. The minimum absolute atomic E-state index is 0.0161. The molecule has 51 heteroatoms. The molecule has 0 spiro atoms. The zero-order valence-electron chi connectivity index (χ0n) is 85.6. The van der Waals surface area contributed by atoms with Crippen LogP contribution in [0.5, 0.6) is 0 Å². The molecule has 818 valence electrons. The number of methoxy groups -OCH3 is 7. The van der Waals surface area contributed by atoms with E-state index in [4.69, 9.17) is 163 Å². The molecule has 47 nitrogen and oxygen atoms in total. The van der Waals surface area contributed by atoms with E-state index in [-0.39, 0.29) is 254 Å². The normalized spacial score (nSPS) is 11.4. The first-order valence-electron chi connectivity index (χ1n) is 47.5. The second-order valence-corrected chi connectivity index (χ2v) is 39.7. The quantitative estimate of drug-likeness (QED) is 0.0229. The molecular formula is C98H132N12O35Te4. The van der Waals surface area contributed by atoms with Crippen molar-refractivity contribution in [3.05, 3.63) is 130 Å². The molecule has 0 bridgehead atoms. The fourth-order valence-corrected chi connectivity index (χ4v) is 21.0. The monoisotopic (exact) mass is 2560 g/mol. The van der Waals surface area contributed by atoms with Crippen molar-refractivity contribution in [2.45, 2.75) is 19.9 Å². The van der Waals surface area contributed by atoms with Crippen LogP contribution in [0.15, 0.2) is 91.0 Å². The first-order chi connectivity index (χ1) is 73.1. The van der Waals surface area contributed by atoms with Gasteiger partial charge in [-0.25, -0.2) is 0 Å². The summed E-state index contributed by atoms with van der Waals surface area (Å²) in [6, 6.07) is 23.9. The number of hydrogen-bond acceptors (Lipinski definition) is 43. The summed E-state index contributed by atoms with van der Waals surface area (Å²) in [7, 11) is 11.0. The Bertz CT molecular complexity index is 5160. The molecule has 0 saturated carbocycles. The Labute approximate surface area is 904 Å². The van der Waals surface area contributed by atoms with Gasteiger partial charge in [-0.1, -0.05) is 0 Å². The summed E-state index contributed by atoms with van der Waals surface area (Å²) < 4.78 is 165. The summed E-state index contributed by atoms with van der Waals surface area (Å²) in [4.78, 5) is 111. The Hall–Kier alpha value is -8.73. The summed E-state index contributed by atoms with van der Waals surface area (Å²) in [5, 5.41) is 38.6. The minimum atomic E-state index is -1.52. The van der Waals surface area contributed by atoms with E-state index < -0.39 is 125 Å². The van der Waals surface area contributed by atoms with Gasteiger partial charge in [-0.2, -0.15) is 0 Å². The fourth-order valence-electron chi connectivity index (χ4n) is 13.4. The zero-order chi connectivity index (χ0) is 106. The number of carbonyl (C=O) groups is 7. The van der Waals surface area contributed by atoms with Gasteiger partial charge in [0, 0.05) is 49.8 Å². The Balaban J connectivity index is 1.20. The Morgan fingerprint density at radius 2 is 0.376 bits per heavy atom. The molecule has 0 radical (unpaired) electrons. The Morgan fingerprint density at radius 1 is 0.201 bits per heavy atom. The van der Waals surface area contributed by atoms with E-state index in [0.29, 0.717) is 145 Å². The van der Waals surface area contributed by atoms with Gasteiger partial charge in [0.15, 0.2) is 0 Å². The Kier molecular flexibility index (Phi) is 61.1. The molecule has 0 aliphatic carbocycles. The molecule has 149 heavy (non-hydrogen) atoms. The topological polar surface area (TPSA) is 501 Å². The number of carbonyl (C=O) groups excluding carboxylic acids is 7. The van der Waals surface area contributed by atoms with Crippen LogP contribution in [0, 0.1) is 0 Å². The number of rotatable bonds is 82. The van der Waals surface area contributed by atoms with Gasteiger partial charge >= 0.3 is 709 Å². The molecule has 0 fully saturated rings. The molecule has 5 aromatic carbocycles. The molecule has 0 amide bonds. The van der Waals surface area contributed by atoms with Crippen molar-refractivity contribution in [1.29, 1.82) is 0 Å². The number of esters is 7. The van der Waals surface area contributed by atoms with Crippen molar-refractivity contribution in [3.63, 3.8) is 0 Å². The number of hydrogen-bond donors (Lipinski definition) is 0. The van der Waals surface area contributed by atoms with Gasteiger partial charge in [-0.15, -0.1) is 0 Å². The molecule has 4 heterocycles. The SMILES string of the molecule is COCCOCCOCCOC(=O)c1ccc(-n2nnc(-c3cc(-c4nnn(-c5cc(C(=O)OCCOCCOCCOC)cc(-n6nnc(-c7cc(-c8nnn(-c9ccc(C(=O)OCCOCCOCCOC)cc9)c8[Te]C)c(C(=O)OCCOCCOCCOC)cc7C(=O)OCCOCCOCCOC)c6[Te]C)c5)c4[Te]C)c(C(=O)OCCOCCOCCOC)cc3C(=O)OCCOCCOCCOC)c2[Te]C)cc1. The van der Waals surface area contributed by atoms with Gasteiger partial charge in [0.1, 0.15) is 0 Å². The molecule has 0 aliphatic rings. The van der Waals surface area contributed by atoms with Crippen LogP contribution < -0.4 is 15.0 Å². The van der Waals surface area contributed by atoms with Crippen LogP contribution >= 0.6 is 0 Å². The summed E-state index contributed by atoms with van der Waals surface area (Å²) in [6.07, 6.45) is 0. The third-order valence-electron chi connectivity index (χ3n) is 20.7. The van der Waals surface area contributed by atoms with Crippen molar-refractivity contribution in [2.24, 2.45) is 0 Å². The van der Waals surface area contributed by atoms with Crippen LogP contribution in [0.1, 0.15) is 72.5 Å². The van der Waals surface area contributed by atoms with Gasteiger partial charge in [-0.05, 0) is 0 Å². The number of aromatic nitrogens is 12. The van der Waals surface area contributed by atoms with E-state index in [1.165, 1.54) is 21.5 Å². The van der Waals surface area contributed by atoms with Crippen molar-refractivity contribution in [2.75, 3.05) is 327 Å². The first-order valence-corrected chi connectivity index (χ1v) is 61.5. The molecule has 0 unspecified atom stereocenters. The van der Waals surface area contributed by atoms with Crippen LogP contribution in [0.2, 0.25) is 19.9 Å². The maximum absolute atomic E-state index is 15.4. The second-order valence-electron chi connectivity index (χ2n) is 30.6. The zero-order valence-corrected chi connectivity index (χ0v) is 95.0. The maximum atomic E-state index is 15.4. The van der Waals surface area contributed by atoms with E-state index in [0.717, 1.165) is 0 Å². The van der Waals surface area contributed by atoms with Gasteiger partial charge in [0.25, 0.3) is 0 Å². The van der Waals surface area contributed by atoms with Crippen molar-refractivity contribution in [1.82, 2.24) is 60.0 Å². The van der Waals surface area contributed by atoms with Crippen molar-refractivity contribution >= 4 is 140 Å². The molecule has 0 saturated heterocycles. The fraction of sp³-hybridized carbons (Fsp3) is 0.541. The van der Waals surface area contributed by atoms with Crippen molar-refractivity contribution in [3.8, 4) is 67.8 Å². The van der Waals surface area contributed by atoms with E-state index in [1.807, 2.05) is 19.9 Å². The molecule has 9 rings (SSSR count). The van der Waals surface area contributed by atoms with E-state index in [9.17, 15) is 9.59 Å². The van der Waals surface area contributed by atoms with Crippen LogP contribution in [-0.4, -0.2) is 513 Å². The van der Waals surface area contributed by atoms with Crippen LogP contribution in [0.4, 0.5) is 0 Å². The van der Waals surface area contributed by atoms with Crippen LogP contribution in [0.3, 0.4) is 0 Å². The van der Waals surface area contributed by atoms with Gasteiger partial charge < -0.3 is 47.4 Å². The Morgan fingerprint density at radius 3 is 0.570 bits per heavy atom. The van der Waals surface area contributed by atoms with Crippen molar-refractivity contribution < 1.29 is 166 Å². The molecule has 0 atom stereocenters. The predicted octanol–water partition coefficient (Wildman–Crippen LogP) is 3.04. The standard InChI is InChI=1S/C98H132N12O35Te4/c1-118-20-27-125-34-41-132-48-55-139-92(111)69-12-16-72(17-13-69)107-88(146-8)84(99-103-107)76-65-78(82(97(116)144-60-53-137-46-39-130-32-25-123-6)67-80(76)95(114)142-58-51-135-44-37-128-30-23-121-4)86-90(148-10)109(105-101-86)74-62-71(94(113)141-57-50-134-43-36-127-29-22-120-3)63-75(64-74)110-91(149-11)87(102-106-110)79-66-77(85-89(147-9)108(104-100-85)73-18-14-70(15-19-73)93(112)140-56-49-133-42-35-126-28-21-119-2)81(96(115)143-59-52-136-45-38-129-31-24-122-5)68-83(79)98(117)145-61-54-138-47-40-131-33-26-124-7/h12-19,62-68H,20-61H2,1-11H3. The number of benzene rings is 5. The van der Waals surface area contributed by atoms with E-state index >= 15 is 24.0 Å². The summed E-state index contributed by atoms with van der Waals surface area (Å²) in [5.41, 5.74) is 2.82. The predicted molar refractivity (Wildman–Crippen MR) is 539 cm³/mol. The molecule has 4 aromatic heterocycles. The molecule has 0 aliphatic heterocycles. The van der Waals surface area contributed by atoms with Gasteiger partial charge in [0.05, 0.1) is 106 Å². The molecule has 9 aromatic rings. The van der Waals surface area contributed by atoms with E-state index in [1.54, 1.807) is 138 Å². The third-order valence-corrected chi connectivity index (χ3v) is 29.3. The first kappa shape index (κ1) is 124. The number of ether oxygens (including phenoxy) is 28. The third kappa shape index (κ3) is 41.2. The van der Waals surface area contributed by atoms with Gasteiger partial charge in [-0.3, -0.25) is 0 Å². The summed E-state index contributed by atoms with van der Waals surface area (Å²) in [6.45, 7) is 7.39. The van der Waals surface area contributed by atoms with Crippen LogP contribution in [-0.2, 0) is 133 Å².